The first kappa shape index (κ1) is 19.9. The predicted molar refractivity (Wildman–Crippen MR) is 92.2 cm³/mol. The monoisotopic (exact) mass is 389 g/mol. The van der Waals surface area contributed by atoms with Gasteiger partial charge in [-0.2, -0.15) is 13.2 Å². The van der Waals surface area contributed by atoms with Crippen molar-refractivity contribution in [2.75, 3.05) is 19.6 Å². The van der Waals surface area contributed by atoms with E-state index in [0.717, 1.165) is 37.4 Å². The molecule has 0 spiro atoms. The Kier molecular flexibility index (Phi) is 5.92. The molecule has 10 heteroatoms. The molecule has 1 amide bonds. The first-order valence-corrected chi connectivity index (χ1v) is 9.50. The van der Waals surface area contributed by atoms with Crippen molar-refractivity contribution in [2.45, 2.75) is 63.2 Å². The van der Waals surface area contributed by atoms with Crippen molar-refractivity contribution in [3.8, 4) is 0 Å². The van der Waals surface area contributed by atoms with E-state index in [1.165, 1.54) is 6.42 Å². The normalized spacial score (nSPS) is 20.7. The highest BCUT2D eigenvalue weighted by molar-refractivity contribution is 5.78. The highest BCUT2D eigenvalue weighted by atomic mass is 19.4. The Morgan fingerprint density at radius 3 is 2.33 bits per heavy atom. The topological polar surface area (TPSA) is 72.2 Å². The molecular weight excluding hydrogens is 363 g/mol. The van der Waals surface area contributed by atoms with Crippen LogP contribution in [0.4, 0.5) is 13.2 Å². The summed E-state index contributed by atoms with van der Waals surface area (Å²) in [6, 6.07) is -0.117. The van der Waals surface area contributed by atoms with Crippen LogP contribution in [0.2, 0.25) is 0 Å². The van der Waals surface area contributed by atoms with E-state index in [1.807, 2.05) is 4.90 Å². The third-order valence-electron chi connectivity index (χ3n) is 5.50. The summed E-state index contributed by atoms with van der Waals surface area (Å²) < 4.78 is 40.2. The second kappa shape index (κ2) is 8.04. The highest BCUT2D eigenvalue weighted by Crippen LogP contribution is 2.28. The molecule has 152 valence electrons. The van der Waals surface area contributed by atoms with E-state index in [2.05, 4.69) is 10.4 Å². The molecule has 0 atom stereocenters. The first-order chi connectivity index (χ1) is 12.8. The van der Waals surface area contributed by atoms with E-state index in [9.17, 15) is 22.8 Å². The van der Waals surface area contributed by atoms with Crippen molar-refractivity contribution in [1.29, 1.82) is 0 Å². The zero-order valence-electron chi connectivity index (χ0n) is 15.5. The molecule has 2 heterocycles. The van der Waals surface area contributed by atoms with Gasteiger partial charge in [0.25, 0.3) is 0 Å². The zero-order valence-corrected chi connectivity index (χ0v) is 15.5. The van der Waals surface area contributed by atoms with E-state index in [0.29, 0.717) is 30.5 Å². The Morgan fingerprint density at radius 1 is 1.15 bits per heavy atom. The molecule has 2 aliphatic rings. The summed E-state index contributed by atoms with van der Waals surface area (Å²) >= 11 is 0. The van der Waals surface area contributed by atoms with Gasteiger partial charge in [-0.1, -0.05) is 19.3 Å². The van der Waals surface area contributed by atoms with Gasteiger partial charge in [0.2, 0.25) is 11.7 Å². The summed E-state index contributed by atoms with van der Waals surface area (Å²) in [5.74, 6) is -1.18. The number of aromatic nitrogens is 3. The molecule has 1 aromatic rings. The molecule has 3 rings (SSSR count). The van der Waals surface area contributed by atoms with Gasteiger partial charge < -0.3 is 5.32 Å². The third-order valence-corrected chi connectivity index (χ3v) is 5.50. The Labute approximate surface area is 155 Å². The molecule has 1 aliphatic carbocycles. The number of piperidine rings is 1. The van der Waals surface area contributed by atoms with Gasteiger partial charge in [0.15, 0.2) is 0 Å². The highest BCUT2D eigenvalue weighted by Gasteiger charge is 2.39. The van der Waals surface area contributed by atoms with Crippen LogP contribution in [0.1, 0.15) is 56.8 Å². The van der Waals surface area contributed by atoms with Crippen LogP contribution in [0.5, 0.6) is 0 Å². The van der Waals surface area contributed by atoms with Gasteiger partial charge in [-0.05, 0) is 25.7 Å². The fraction of sp³-hybridized carbons (Fsp3) is 0.824. The predicted octanol–water partition coefficient (Wildman–Crippen LogP) is 1.69. The number of nitrogens with one attached hydrogen (secondary N) is 1. The summed E-state index contributed by atoms with van der Waals surface area (Å²) in [6.45, 7) is 1.38. The van der Waals surface area contributed by atoms with Crippen LogP contribution in [0.25, 0.3) is 0 Å². The van der Waals surface area contributed by atoms with Gasteiger partial charge in [0, 0.05) is 26.2 Å². The number of hydrogen-bond donors (Lipinski definition) is 1. The molecule has 0 aromatic carbocycles. The lowest BCUT2D eigenvalue weighted by Crippen LogP contribution is -2.45. The van der Waals surface area contributed by atoms with Gasteiger partial charge >= 0.3 is 11.9 Å². The van der Waals surface area contributed by atoms with Crippen LogP contribution >= 0.6 is 0 Å². The summed E-state index contributed by atoms with van der Waals surface area (Å²) in [7, 11) is 1.08. The lowest BCUT2D eigenvalue weighted by atomic mass is 9.95. The second-order valence-electron chi connectivity index (χ2n) is 7.52. The molecular formula is C17H26F3N5O2. The standard InChI is InChI=1S/C17H26F3N5O2/c1-23-15(17(18,19)20)22-25(16(23)27)13-7-9-24(10-8-13)11-14(26)21-12-5-3-2-4-6-12/h12-13H,2-11H2,1H3,(H,21,26). The maximum Gasteiger partial charge on any atom is 0.451 e. The van der Waals surface area contributed by atoms with Gasteiger partial charge in [-0.15, -0.1) is 5.10 Å². The van der Waals surface area contributed by atoms with Crippen molar-refractivity contribution >= 4 is 5.91 Å². The number of nitrogens with zero attached hydrogens (tertiary/aromatic N) is 4. The number of hydrogen-bond acceptors (Lipinski definition) is 4. The van der Waals surface area contributed by atoms with Crippen molar-refractivity contribution in [3.05, 3.63) is 16.3 Å². The fourth-order valence-corrected chi connectivity index (χ4v) is 3.99. The molecule has 1 saturated heterocycles. The molecule has 27 heavy (non-hydrogen) atoms. The van der Waals surface area contributed by atoms with E-state index >= 15 is 0 Å². The SMILES string of the molecule is Cn1c(C(F)(F)F)nn(C2CCN(CC(=O)NC3CCCCC3)CC2)c1=O. The van der Waals surface area contributed by atoms with E-state index in [1.54, 1.807) is 0 Å². The Balaban J connectivity index is 1.53. The number of carbonyl (C=O) groups excluding carboxylic acids is 1. The fourth-order valence-electron chi connectivity index (χ4n) is 3.99. The van der Waals surface area contributed by atoms with Crippen molar-refractivity contribution < 1.29 is 18.0 Å². The maximum absolute atomic E-state index is 12.9. The number of amides is 1. The van der Waals surface area contributed by atoms with Crippen molar-refractivity contribution in [2.24, 2.45) is 7.05 Å². The molecule has 0 bridgehead atoms. The van der Waals surface area contributed by atoms with Crippen molar-refractivity contribution in [3.63, 3.8) is 0 Å². The number of carbonyl (C=O) groups is 1. The number of likely N-dealkylation sites (tertiary alicyclic amines) is 1. The van der Waals surface area contributed by atoms with Gasteiger partial charge in [-0.25, -0.2) is 9.48 Å². The van der Waals surface area contributed by atoms with Gasteiger partial charge in [-0.3, -0.25) is 14.3 Å². The summed E-state index contributed by atoms with van der Waals surface area (Å²) in [5, 5.41) is 6.58. The quantitative estimate of drug-likeness (QED) is 0.851. The van der Waals surface area contributed by atoms with Crippen LogP contribution in [-0.4, -0.2) is 50.8 Å². The minimum Gasteiger partial charge on any atom is -0.352 e. The van der Waals surface area contributed by atoms with Crippen molar-refractivity contribution in [1.82, 2.24) is 24.6 Å². The minimum atomic E-state index is -4.66. The lowest BCUT2D eigenvalue weighted by Gasteiger charge is -2.31. The summed E-state index contributed by atoms with van der Waals surface area (Å²) in [5.41, 5.74) is -0.754. The molecule has 1 aliphatic heterocycles. The Bertz CT molecular complexity index is 713. The number of halogens is 3. The minimum absolute atomic E-state index is 0.00490. The van der Waals surface area contributed by atoms with E-state index < -0.39 is 17.7 Å². The number of rotatable bonds is 4. The molecule has 0 radical (unpaired) electrons. The molecule has 2 fully saturated rings. The molecule has 0 unspecified atom stereocenters. The lowest BCUT2D eigenvalue weighted by molar-refractivity contribution is -0.147. The smallest absolute Gasteiger partial charge is 0.352 e. The largest absolute Gasteiger partial charge is 0.451 e. The average molecular weight is 389 g/mol. The summed E-state index contributed by atoms with van der Waals surface area (Å²) in [6.07, 6.45) is 1.90. The van der Waals surface area contributed by atoms with Crippen LogP contribution in [0, 0.1) is 0 Å². The third kappa shape index (κ3) is 4.72. The van der Waals surface area contributed by atoms with Crippen LogP contribution in [0.3, 0.4) is 0 Å². The molecule has 7 nitrogen and oxygen atoms in total. The maximum atomic E-state index is 12.9. The molecule has 1 saturated carbocycles. The second-order valence-corrected chi connectivity index (χ2v) is 7.52. The van der Waals surface area contributed by atoms with Crippen LogP contribution < -0.4 is 11.0 Å². The van der Waals surface area contributed by atoms with Gasteiger partial charge in [0.05, 0.1) is 12.6 Å². The average Bonchev–Trinajstić information content (AvgIpc) is 2.92. The Morgan fingerprint density at radius 2 is 1.78 bits per heavy atom. The van der Waals surface area contributed by atoms with Gasteiger partial charge in [0.1, 0.15) is 0 Å². The first-order valence-electron chi connectivity index (χ1n) is 9.50. The van der Waals surface area contributed by atoms with Crippen LogP contribution in [0.15, 0.2) is 4.79 Å². The zero-order chi connectivity index (χ0) is 19.6. The Hall–Kier alpha value is -1.84. The molecule has 1 aromatic heterocycles. The van der Waals surface area contributed by atoms with E-state index in [4.69, 9.17) is 0 Å². The summed E-state index contributed by atoms with van der Waals surface area (Å²) in [4.78, 5) is 26.3. The number of alkyl halides is 3. The van der Waals surface area contributed by atoms with Crippen LogP contribution in [-0.2, 0) is 18.0 Å². The van der Waals surface area contributed by atoms with E-state index in [-0.39, 0.29) is 24.5 Å². The molecule has 1 N–H and O–H groups in total.